The first-order valence-corrected chi connectivity index (χ1v) is 16.9. The topological polar surface area (TPSA) is 18.5 Å². The molecule has 0 amide bonds. The molecule has 32 heavy (non-hydrogen) atoms. The van der Waals surface area contributed by atoms with Gasteiger partial charge in [-0.15, -0.1) is 0 Å². The molecule has 2 nitrogen and oxygen atoms in total. The summed E-state index contributed by atoms with van der Waals surface area (Å²) >= 11 is 2.18. The highest BCUT2D eigenvalue weighted by Crippen LogP contribution is 2.66. The normalized spacial score (nSPS) is 41.2. The second kappa shape index (κ2) is 11.2. The molecule has 0 spiro atoms. The lowest BCUT2D eigenvalue weighted by Crippen LogP contribution is -2.50. The van der Waals surface area contributed by atoms with Gasteiger partial charge in [-0.2, -0.15) is 0 Å². The van der Waals surface area contributed by atoms with Gasteiger partial charge in [0, 0.05) is 21.2 Å². The van der Waals surface area contributed by atoms with E-state index >= 15 is 0 Å². The minimum atomic E-state index is 0.407. The van der Waals surface area contributed by atoms with Crippen LogP contribution in [0.5, 0.6) is 0 Å². The minimum absolute atomic E-state index is 0.407. The third kappa shape index (κ3) is 5.28. The van der Waals surface area contributed by atoms with Gasteiger partial charge in [-0.05, 0) is 98.2 Å². The van der Waals surface area contributed by atoms with Gasteiger partial charge >= 0.3 is 0 Å². The number of halogens is 1. The predicted octanol–water partition coefficient (Wildman–Crippen LogP) is 9.18. The van der Waals surface area contributed by atoms with Crippen molar-refractivity contribution in [1.82, 2.24) is 0 Å². The molecular weight excluding hydrogens is 527 g/mol. The molecule has 0 heterocycles. The Hall–Kier alpha value is 0.740. The molecule has 7 unspecified atom stereocenters. The molecular formula is C28H47IO2S. The number of fused-ring (bicyclic) bond motifs is 5. The van der Waals surface area contributed by atoms with Crippen LogP contribution in [0.1, 0.15) is 105 Å². The van der Waals surface area contributed by atoms with E-state index < -0.39 is 0 Å². The fourth-order valence-corrected chi connectivity index (χ4v) is 9.25. The van der Waals surface area contributed by atoms with Crippen molar-refractivity contribution in [3.63, 3.8) is 0 Å². The predicted molar refractivity (Wildman–Crippen MR) is 146 cm³/mol. The molecule has 3 saturated carbocycles. The monoisotopic (exact) mass is 574 g/mol. The summed E-state index contributed by atoms with van der Waals surface area (Å²) in [6, 6.07) is 0. The van der Waals surface area contributed by atoms with E-state index in [1.807, 2.05) is 0 Å². The Bertz CT molecular complexity index is 651. The Morgan fingerprint density at radius 2 is 1.91 bits per heavy atom. The number of unbranched alkanes of at least 4 members (excludes halogenated alkanes) is 1. The van der Waals surface area contributed by atoms with E-state index in [0.29, 0.717) is 23.5 Å². The molecule has 4 aliphatic rings. The lowest BCUT2D eigenvalue weighted by Gasteiger charge is -2.58. The van der Waals surface area contributed by atoms with E-state index in [2.05, 4.69) is 55.0 Å². The summed E-state index contributed by atoms with van der Waals surface area (Å²) in [6.07, 6.45) is 20.0. The maximum absolute atomic E-state index is 6.19. The Morgan fingerprint density at radius 1 is 1.06 bits per heavy atom. The fraction of sp³-hybridized carbons (Fsp3) is 0.929. The van der Waals surface area contributed by atoms with Gasteiger partial charge in [-0.1, -0.05) is 58.6 Å². The number of hydrogen-bond acceptors (Lipinski definition) is 3. The molecule has 184 valence electrons. The first-order valence-electron chi connectivity index (χ1n) is 13.6. The van der Waals surface area contributed by atoms with Crippen LogP contribution in [0.25, 0.3) is 0 Å². The van der Waals surface area contributed by atoms with Crippen molar-refractivity contribution in [2.45, 2.75) is 111 Å². The third-order valence-electron chi connectivity index (χ3n) is 10.4. The fourth-order valence-electron chi connectivity index (χ4n) is 8.58. The average molecular weight is 575 g/mol. The van der Waals surface area contributed by atoms with Crippen LogP contribution in [0.4, 0.5) is 0 Å². The maximum atomic E-state index is 6.19. The number of ether oxygens (including phenoxy) is 1. The molecule has 4 rings (SSSR count). The zero-order valence-electron chi connectivity index (χ0n) is 21.0. The minimum Gasteiger partial charge on any atom is -0.375 e. The SMILES string of the molecule is CC(C)CCCCC1CCC2C3CC=C4CC(OCCOSI)CCC4(C)C3CCC12C. The summed E-state index contributed by atoms with van der Waals surface area (Å²) in [5.74, 6) is 4.69. The van der Waals surface area contributed by atoms with Gasteiger partial charge in [0.2, 0.25) is 0 Å². The van der Waals surface area contributed by atoms with Gasteiger partial charge in [0.1, 0.15) is 0 Å². The molecule has 0 saturated heterocycles. The molecule has 4 aliphatic carbocycles. The van der Waals surface area contributed by atoms with Gasteiger partial charge in [-0.25, -0.2) is 0 Å². The molecule has 0 aromatic heterocycles. The molecule has 0 N–H and O–H groups in total. The first kappa shape index (κ1) is 25.8. The summed E-state index contributed by atoms with van der Waals surface area (Å²) in [5.41, 5.74) is 2.80. The molecule has 0 radical (unpaired) electrons. The van der Waals surface area contributed by atoms with Crippen LogP contribution in [0.15, 0.2) is 11.6 Å². The van der Waals surface area contributed by atoms with E-state index in [1.54, 1.807) is 5.57 Å². The Labute approximate surface area is 214 Å². The molecule has 7 atom stereocenters. The summed E-state index contributed by atoms with van der Waals surface area (Å²) < 4.78 is 11.6. The van der Waals surface area contributed by atoms with E-state index in [4.69, 9.17) is 8.92 Å². The Kier molecular flexibility index (Phi) is 9.04. The summed E-state index contributed by atoms with van der Waals surface area (Å²) in [5, 5.41) is 0. The number of rotatable bonds is 10. The molecule has 0 aromatic carbocycles. The Morgan fingerprint density at radius 3 is 2.69 bits per heavy atom. The van der Waals surface area contributed by atoms with Crippen molar-refractivity contribution in [3.05, 3.63) is 11.6 Å². The second-order valence-corrected chi connectivity index (χ2v) is 13.8. The van der Waals surface area contributed by atoms with Gasteiger partial charge in [0.25, 0.3) is 0 Å². The first-order chi connectivity index (χ1) is 15.4. The van der Waals surface area contributed by atoms with Crippen molar-refractivity contribution < 1.29 is 8.92 Å². The van der Waals surface area contributed by atoms with Crippen LogP contribution in [0.2, 0.25) is 0 Å². The molecule has 0 aliphatic heterocycles. The largest absolute Gasteiger partial charge is 0.375 e. The average Bonchev–Trinajstić information content (AvgIpc) is 3.10. The smallest absolute Gasteiger partial charge is 0.0857 e. The molecule has 0 aromatic rings. The van der Waals surface area contributed by atoms with E-state index in [1.165, 1.54) is 79.8 Å². The Balaban J connectivity index is 1.37. The standard InChI is InChI=1S/C28H47IO2S/c1-20(2)7-5-6-8-21-10-12-25-24-11-9-22-19-23(30-17-18-31-32-29)13-15-28(22,4)26(24)14-16-27(21,25)3/h9,20-21,23-26H,5-8,10-19H2,1-4H3. The molecule has 4 heteroatoms. The molecule has 3 fully saturated rings. The maximum Gasteiger partial charge on any atom is 0.0857 e. The summed E-state index contributed by atoms with van der Waals surface area (Å²) in [6.45, 7) is 11.5. The van der Waals surface area contributed by atoms with Crippen LogP contribution in [-0.4, -0.2) is 19.3 Å². The van der Waals surface area contributed by atoms with E-state index in [0.717, 1.165) is 42.6 Å². The number of allylic oxidation sites excluding steroid dienone is 1. The van der Waals surface area contributed by atoms with Crippen molar-refractivity contribution in [2.24, 2.45) is 40.4 Å². The third-order valence-corrected chi connectivity index (χ3v) is 11.4. The van der Waals surface area contributed by atoms with Crippen LogP contribution in [-0.2, 0) is 8.92 Å². The summed E-state index contributed by atoms with van der Waals surface area (Å²) in [7, 11) is 1.41. The lowest BCUT2D eigenvalue weighted by molar-refractivity contribution is -0.0601. The zero-order chi connectivity index (χ0) is 22.8. The van der Waals surface area contributed by atoms with Crippen molar-refractivity contribution in [2.75, 3.05) is 13.2 Å². The van der Waals surface area contributed by atoms with Crippen LogP contribution < -0.4 is 0 Å². The van der Waals surface area contributed by atoms with Gasteiger partial charge < -0.3 is 8.92 Å². The van der Waals surface area contributed by atoms with Gasteiger partial charge in [-0.3, -0.25) is 0 Å². The quantitative estimate of drug-likeness (QED) is 0.112. The lowest BCUT2D eigenvalue weighted by atomic mass is 9.47. The molecule has 0 bridgehead atoms. The van der Waals surface area contributed by atoms with Gasteiger partial charge in [0.05, 0.1) is 28.5 Å². The van der Waals surface area contributed by atoms with E-state index in [9.17, 15) is 0 Å². The van der Waals surface area contributed by atoms with E-state index in [-0.39, 0.29) is 0 Å². The van der Waals surface area contributed by atoms with Crippen LogP contribution >= 0.6 is 30.4 Å². The number of hydrogen-bond donors (Lipinski definition) is 0. The van der Waals surface area contributed by atoms with Crippen molar-refractivity contribution in [3.8, 4) is 0 Å². The van der Waals surface area contributed by atoms with Crippen LogP contribution in [0, 0.1) is 40.4 Å². The highest BCUT2D eigenvalue weighted by atomic mass is 127. The highest BCUT2D eigenvalue weighted by molar-refractivity contribution is 14.2. The van der Waals surface area contributed by atoms with Crippen molar-refractivity contribution in [1.29, 1.82) is 0 Å². The zero-order valence-corrected chi connectivity index (χ0v) is 24.0. The van der Waals surface area contributed by atoms with Gasteiger partial charge in [0.15, 0.2) is 0 Å². The van der Waals surface area contributed by atoms with Crippen molar-refractivity contribution >= 4 is 30.4 Å². The highest BCUT2D eigenvalue weighted by Gasteiger charge is 2.58. The summed E-state index contributed by atoms with van der Waals surface area (Å²) in [4.78, 5) is 0. The second-order valence-electron chi connectivity index (χ2n) is 12.4. The van der Waals surface area contributed by atoms with Crippen LogP contribution in [0.3, 0.4) is 0 Å².